The van der Waals surface area contributed by atoms with Gasteiger partial charge in [0.2, 0.25) is 0 Å². The molecule has 2 unspecified atom stereocenters. The van der Waals surface area contributed by atoms with Gasteiger partial charge in [0.1, 0.15) is 0 Å². The molecular weight excluding hydrogens is 511 g/mol. The number of carbonyl (C=O) groups is 1. The first kappa shape index (κ1) is 21.3. The van der Waals surface area contributed by atoms with Crippen molar-refractivity contribution >= 4 is 62.4 Å². The van der Waals surface area contributed by atoms with E-state index in [2.05, 4.69) is 50.0 Å². The number of amides is 1. The van der Waals surface area contributed by atoms with Crippen LogP contribution >= 0.6 is 34.2 Å². The number of para-hydroxylation sites is 2. The molecule has 3 aromatic rings. The topological polar surface area (TPSA) is 57.3 Å². The number of fused-ring (bicyclic) bond motifs is 1. The molecule has 4 rings (SSSR count). The Bertz CT molecular complexity index is 1060. The average Bonchev–Trinajstić information content (AvgIpc) is 2.75. The van der Waals surface area contributed by atoms with E-state index in [9.17, 15) is 4.79 Å². The number of piperidine rings is 1. The van der Waals surface area contributed by atoms with E-state index in [0.717, 1.165) is 48.2 Å². The molecule has 1 fully saturated rings. The third-order valence-electron chi connectivity index (χ3n) is 5.45. The number of hydrogen-bond donors (Lipinski definition) is 2. The number of likely N-dealkylation sites (tertiary alicyclic amines) is 1. The monoisotopic (exact) mass is 534 g/mol. The van der Waals surface area contributed by atoms with E-state index in [1.54, 1.807) is 6.20 Å². The Labute approximate surface area is 195 Å². The highest BCUT2D eigenvalue weighted by molar-refractivity contribution is 14.1. The number of nitrogens with one attached hydrogen (secondary N) is 2. The van der Waals surface area contributed by atoms with Crippen molar-refractivity contribution in [3.05, 3.63) is 65.3 Å². The van der Waals surface area contributed by atoms with Gasteiger partial charge in [-0.1, -0.05) is 58.5 Å². The van der Waals surface area contributed by atoms with Crippen LogP contribution in [-0.2, 0) is 0 Å². The first-order chi connectivity index (χ1) is 14.5. The van der Waals surface area contributed by atoms with Crippen molar-refractivity contribution in [1.82, 2.24) is 15.2 Å². The highest BCUT2D eigenvalue weighted by atomic mass is 127. The largest absolute Gasteiger partial charge is 0.354 e. The molecule has 1 saturated heterocycles. The number of nitrogens with zero attached hydrogens (tertiary/aromatic N) is 2. The third kappa shape index (κ3) is 4.71. The number of aromatic nitrogens is 1. The lowest BCUT2D eigenvalue weighted by molar-refractivity contribution is 0.0904. The third-order valence-corrected chi connectivity index (χ3v) is 6.55. The molecular formula is C23H24ClIN4O. The average molecular weight is 535 g/mol. The number of rotatable bonds is 5. The molecule has 2 atom stereocenters. The first-order valence-electron chi connectivity index (χ1n) is 10.1. The van der Waals surface area contributed by atoms with Gasteiger partial charge in [-0.25, -0.2) is 0 Å². The Morgan fingerprint density at radius 1 is 1.20 bits per heavy atom. The van der Waals surface area contributed by atoms with Crippen LogP contribution in [0.3, 0.4) is 0 Å². The maximum atomic E-state index is 13.1. The lowest BCUT2D eigenvalue weighted by Gasteiger charge is -2.35. The van der Waals surface area contributed by atoms with E-state index in [1.165, 1.54) is 0 Å². The van der Waals surface area contributed by atoms with Gasteiger partial charge < -0.3 is 10.6 Å². The number of carbonyl (C=O) groups excluding carboxylic acids is 1. The molecule has 0 spiro atoms. The molecule has 7 heteroatoms. The van der Waals surface area contributed by atoms with Gasteiger partial charge in [-0.15, -0.1) is 0 Å². The van der Waals surface area contributed by atoms with Crippen LogP contribution in [0.25, 0.3) is 10.9 Å². The molecule has 2 aromatic carbocycles. The number of pyridine rings is 1. The fraction of sp³-hybridized carbons (Fsp3) is 0.304. The van der Waals surface area contributed by atoms with Crippen molar-refractivity contribution in [3.8, 4) is 0 Å². The second-order valence-corrected chi connectivity index (χ2v) is 9.76. The highest BCUT2D eigenvalue weighted by Gasteiger charge is 2.24. The lowest BCUT2D eigenvalue weighted by atomic mass is 10.0. The minimum Gasteiger partial charge on any atom is -0.354 e. The Morgan fingerprint density at radius 2 is 2.03 bits per heavy atom. The SMILES string of the molecule is CC(I)N1CCCC(NC(=O)c2ccccc2Nc2ccnc3c(Cl)cccc23)C1. The molecule has 1 aromatic heterocycles. The van der Waals surface area contributed by atoms with Gasteiger partial charge in [0.15, 0.2) is 0 Å². The summed E-state index contributed by atoms with van der Waals surface area (Å²) in [5.41, 5.74) is 2.99. The van der Waals surface area contributed by atoms with E-state index in [4.69, 9.17) is 11.6 Å². The summed E-state index contributed by atoms with van der Waals surface area (Å²) in [6.07, 6.45) is 3.83. The molecule has 0 saturated carbocycles. The summed E-state index contributed by atoms with van der Waals surface area (Å²) < 4.78 is 0.461. The van der Waals surface area contributed by atoms with Crippen LogP contribution in [0.15, 0.2) is 54.7 Å². The summed E-state index contributed by atoms with van der Waals surface area (Å²) in [6.45, 7) is 4.17. The van der Waals surface area contributed by atoms with Gasteiger partial charge in [0.25, 0.3) is 5.91 Å². The van der Waals surface area contributed by atoms with E-state index < -0.39 is 0 Å². The van der Waals surface area contributed by atoms with Gasteiger partial charge in [0.05, 0.1) is 25.8 Å². The summed E-state index contributed by atoms with van der Waals surface area (Å²) in [5.74, 6) is -0.0533. The summed E-state index contributed by atoms with van der Waals surface area (Å²) in [4.78, 5) is 19.9. The Balaban J connectivity index is 1.56. The van der Waals surface area contributed by atoms with Gasteiger partial charge in [-0.05, 0) is 50.6 Å². The summed E-state index contributed by atoms with van der Waals surface area (Å²) >= 11 is 8.73. The summed E-state index contributed by atoms with van der Waals surface area (Å²) in [7, 11) is 0. The zero-order chi connectivity index (χ0) is 21.1. The van der Waals surface area contributed by atoms with E-state index >= 15 is 0 Å². The van der Waals surface area contributed by atoms with Gasteiger partial charge in [-0.2, -0.15) is 0 Å². The summed E-state index contributed by atoms with van der Waals surface area (Å²) in [5, 5.41) is 8.17. The van der Waals surface area contributed by atoms with Crippen molar-refractivity contribution in [2.24, 2.45) is 0 Å². The zero-order valence-corrected chi connectivity index (χ0v) is 19.7. The minimum atomic E-state index is -0.0533. The van der Waals surface area contributed by atoms with Crippen molar-refractivity contribution in [1.29, 1.82) is 0 Å². The predicted octanol–water partition coefficient (Wildman–Crippen LogP) is 5.61. The second-order valence-electron chi connectivity index (χ2n) is 7.55. The van der Waals surface area contributed by atoms with Crippen molar-refractivity contribution in [2.45, 2.75) is 29.9 Å². The van der Waals surface area contributed by atoms with E-state index in [-0.39, 0.29) is 11.9 Å². The molecule has 30 heavy (non-hydrogen) atoms. The lowest BCUT2D eigenvalue weighted by Crippen LogP contribution is -2.49. The minimum absolute atomic E-state index is 0.0533. The van der Waals surface area contributed by atoms with Crippen LogP contribution in [0.1, 0.15) is 30.1 Å². The van der Waals surface area contributed by atoms with Crippen molar-refractivity contribution < 1.29 is 4.79 Å². The molecule has 0 radical (unpaired) electrons. The van der Waals surface area contributed by atoms with Gasteiger partial charge in [0, 0.05) is 29.9 Å². The molecule has 2 heterocycles. The molecule has 0 aliphatic carbocycles. The maximum absolute atomic E-state index is 13.1. The van der Waals surface area contributed by atoms with Crippen LogP contribution in [0.2, 0.25) is 5.02 Å². The number of benzene rings is 2. The Morgan fingerprint density at radius 3 is 2.87 bits per heavy atom. The molecule has 156 valence electrons. The second kappa shape index (κ2) is 9.49. The fourth-order valence-electron chi connectivity index (χ4n) is 3.89. The van der Waals surface area contributed by atoms with Crippen LogP contribution in [0.4, 0.5) is 11.4 Å². The maximum Gasteiger partial charge on any atom is 0.253 e. The summed E-state index contributed by atoms with van der Waals surface area (Å²) in [6, 6.07) is 15.4. The standard InChI is InChI=1S/C23H24ClIN4O/c1-15(25)29-13-5-6-16(14-29)27-23(30)18-7-2-3-10-20(18)28-21-11-12-26-22-17(21)8-4-9-19(22)24/h2-4,7-12,15-16H,5-6,13-14H2,1H3,(H,26,28)(H,27,30). The predicted molar refractivity (Wildman–Crippen MR) is 132 cm³/mol. The molecule has 1 amide bonds. The van der Waals surface area contributed by atoms with E-state index in [0.29, 0.717) is 14.6 Å². The van der Waals surface area contributed by atoms with Gasteiger partial charge >= 0.3 is 0 Å². The number of anilines is 2. The number of halogens is 2. The first-order valence-corrected chi connectivity index (χ1v) is 11.7. The Hall–Kier alpha value is -1.90. The number of hydrogen-bond acceptors (Lipinski definition) is 4. The van der Waals surface area contributed by atoms with Crippen LogP contribution in [0.5, 0.6) is 0 Å². The quantitative estimate of drug-likeness (QED) is 0.254. The fourth-order valence-corrected chi connectivity index (χ4v) is 4.62. The molecule has 1 aliphatic heterocycles. The van der Waals surface area contributed by atoms with Crippen molar-refractivity contribution in [3.63, 3.8) is 0 Å². The van der Waals surface area contributed by atoms with Crippen molar-refractivity contribution in [2.75, 3.05) is 18.4 Å². The normalized spacial score (nSPS) is 18.2. The van der Waals surface area contributed by atoms with Crippen LogP contribution in [0, 0.1) is 0 Å². The molecule has 5 nitrogen and oxygen atoms in total. The molecule has 2 N–H and O–H groups in total. The van der Waals surface area contributed by atoms with E-state index in [1.807, 2.05) is 48.5 Å². The van der Waals surface area contributed by atoms with Crippen LogP contribution in [-0.4, -0.2) is 39.0 Å². The smallest absolute Gasteiger partial charge is 0.253 e. The molecule has 0 bridgehead atoms. The highest BCUT2D eigenvalue weighted by Crippen LogP contribution is 2.30. The zero-order valence-electron chi connectivity index (χ0n) is 16.7. The Kier molecular flexibility index (Phi) is 6.75. The molecule has 1 aliphatic rings. The number of alkyl halides is 1. The van der Waals surface area contributed by atoms with Gasteiger partial charge in [-0.3, -0.25) is 14.7 Å². The van der Waals surface area contributed by atoms with Crippen LogP contribution < -0.4 is 10.6 Å².